The summed E-state index contributed by atoms with van der Waals surface area (Å²) >= 11 is 0. The van der Waals surface area contributed by atoms with Crippen LogP contribution in [0.15, 0.2) is 29.3 Å². The van der Waals surface area contributed by atoms with E-state index in [4.69, 9.17) is 0 Å². The molecule has 2 N–H and O–H groups in total. The minimum atomic E-state index is -1.22. The number of ketones is 2. The lowest BCUT2D eigenvalue weighted by Crippen LogP contribution is -2.35. The Bertz CT molecular complexity index is 603. The van der Waals surface area contributed by atoms with Crippen LogP contribution in [-0.4, -0.2) is 55.4 Å². The second kappa shape index (κ2) is 10.6. The molecule has 1 aliphatic rings. The normalized spacial score (nSPS) is 14.5. The maximum atomic E-state index is 11.0. The molecule has 136 valence electrons. The number of alkyl carbamates (subject to hydrolysis) is 1. The van der Waals surface area contributed by atoms with Crippen LogP contribution in [0.25, 0.3) is 0 Å². The van der Waals surface area contributed by atoms with Gasteiger partial charge in [0, 0.05) is 18.7 Å². The summed E-state index contributed by atoms with van der Waals surface area (Å²) in [4.78, 5) is 57.7. The van der Waals surface area contributed by atoms with Gasteiger partial charge in [0.1, 0.15) is 0 Å². The first-order valence-corrected chi connectivity index (χ1v) is 7.30. The SMILES string of the molecule is C=NC1(C)C(=O)C=CC1=O.CCCNC(=O)C=CC(=O)NC(=O)OC. The highest BCUT2D eigenvalue weighted by molar-refractivity contribution is 6.26. The molecule has 0 saturated heterocycles. The summed E-state index contributed by atoms with van der Waals surface area (Å²) in [5.74, 6) is -1.65. The van der Waals surface area contributed by atoms with Crippen LogP contribution < -0.4 is 10.6 Å². The van der Waals surface area contributed by atoms with Gasteiger partial charge in [0.05, 0.1) is 7.11 Å². The molecule has 0 fully saturated rings. The molecule has 0 aliphatic heterocycles. The molecular weight excluding hydrogens is 330 g/mol. The van der Waals surface area contributed by atoms with Gasteiger partial charge in [-0.05, 0) is 32.2 Å². The Morgan fingerprint density at radius 3 is 2.12 bits per heavy atom. The third-order valence-corrected chi connectivity index (χ3v) is 3.01. The molecule has 0 bridgehead atoms. The van der Waals surface area contributed by atoms with Crippen molar-refractivity contribution in [2.45, 2.75) is 25.8 Å². The summed E-state index contributed by atoms with van der Waals surface area (Å²) in [5.41, 5.74) is -1.22. The lowest BCUT2D eigenvalue weighted by molar-refractivity contribution is -0.126. The zero-order valence-electron chi connectivity index (χ0n) is 14.3. The fourth-order valence-corrected chi connectivity index (χ4v) is 1.40. The van der Waals surface area contributed by atoms with Crippen molar-refractivity contribution >= 4 is 36.2 Å². The van der Waals surface area contributed by atoms with Crippen molar-refractivity contribution in [3.8, 4) is 0 Å². The molecule has 0 aromatic carbocycles. The number of hydrogen-bond donors (Lipinski definition) is 2. The first-order valence-electron chi connectivity index (χ1n) is 7.30. The Labute approximate surface area is 145 Å². The second-order valence-corrected chi connectivity index (χ2v) is 4.90. The van der Waals surface area contributed by atoms with Crippen molar-refractivity contribution < 1.29 is 28.7 Å². The van der Waals surface area contributed by atoms with E-state index in [0.717, 1.165) is 25.7 Å². The van der Waals surface area contributed by atoms with E-state index in [1.54, 1.807) is 0 Å². The van der Waals surface area contributed by atoms with Gasteiger partial charge in [-0.3, -0.25) is 29.5 Å². The molecule has 1 aliphatic carbocycles. The summed E-state index contributed by atoms with van der Waals surface area (Å²) in [5, 5.41) is 4.41. The molecule has 9 nitrogen and oxygen atoms in total. The van der Waals surface area contributed by atoms with Gasteiger partial charge >= 0.3 is 6.09 Å². The number of methoxy groups -OCH3 is 1. The summed E-state index contributed by atoms with van der Waals surface area (Å²) in [7, 11) is 1.14. The predicted molar refractivity (Wildman–Crippen MR) is 90.1 cm³/mol. The van der Waals surface area contributed by atoms with Crippen LogP contribution in [0.1, 0.15) is 20.3 Å². The van der Waals surface area contributed by atoms with Gasteiger partial charge in [0.15, 0.2) is 17.1 Å². The topological polar surface area (TPSA) is 131 Å². The molecule has 0 heterocycles. The molecular formula is C16H21N3O6. The first-order chi connectivity index (χ1) is 11.7. The molecule has 0 aromatic heterocycles. The van der Waals surface area contributed by atoms with E-state index in [2.05, 4.69) is 21.8 Å². The largest absolute Gasteiger partial charge is 0.453 e. The molecule has 0 radical (unpaired) electrons. The van der Waals surface area contributed by atoms with E-state index < -0.39 is 17.5 Å². The van der Waals surface area contributed by atoms with Crippen molar-refractivity contribution in [1.29, 1.82) is 0 Å². The van der Waals surface area contributed by atoms with Crippen LogP contribution in [0.3, 0.4) is 0 Å². The van der Waals surface area contributed by atoms with E-state index >= 15 is 0 Å². The lowest BCUT2D eigenvalue weighted by Gasteiger charge is -2.11. The fourth-order valence-electron chi connectivity index (χ4n) is 1.40. The highest BCUT2D eigenvalue weighted by atomic mass is 16.5. The maximum absolute atomic E-state index is 11.0. The van der Waals surface area contributed by atoms with E-state index in [1.807, 2.05) is 12.2 Å². The van der Waals surface area contributed by atoms with E-state index in [0.29, 0.717) is 6.54 Å². The zero-order chi connectivity index (χ0) is 19.5. The van der Waals surface area contributed by atoms with E-state index in [1.165, 1.54) is 19.1 Å². The highest BCUT2D eigenvalue weighted by Crippen LogP contribution is 2.19. The van der Waals surface area contributed by atoms with Crippen molar-refractivity contribution in [2.24, 2.45) is 4.99 Å². The number of hydrogen-bond acceptors (Lipinski definition) is 7. The van der Waals surface area contributed by atoms with Crippen molar-refractivity contribution in [3.63, 3.8) is 0 Å². The van der Waals surface area contributed by atoms with Gasteiger partial charge in [-0.25, -0.2) is 4.79 Å². The lowest BCUT2D eigenvalue weighted by atomic mass is 9.99. The fraction of sp³-hybridized carbons (Fsp3) is 0.375. The molecule has 0 spiro atoms. The molecule has 1 rings (SSSR count). The van der Waals surface area contributed by atoms with Gasteiger partial charge in [-0.2, -0.15) is 0 Å². The number of imide groups is 1. The quantitative estimate of drug-likeness (QED) is 0.410. The van der Waals surface area contributed by atoms with E-state index in [9.17, 15) is 24.0 Å². The molecule has 0 atom stereocenters. The minimum Gasteiger partial charge on any atom is -0.453 e. The highest BCUT2D eigenvalue weighted by Gasteiger charge is 2.40. The monoisotopic (exact) mass is 351 g/mol. The van der Waals surface area contributed by atoms with Crippen LogP contribution in [0, 0.1) is 0 Å². The third kappa shape index (κ3) is 7.34. The number of carbonyl (C=O) groups is 5. The number of aliphatic imine (C=N–C) groups is 1. The standard InChI is InChI=1S/C9H14N2O4.C7H7NO2/c1-3-6-10-7(12)4-5-8(13)11-9(14)15-2;1-7(8-2)5(9)3-4-6(7)10/h4-5H,3,6H2,1-2H3,(H,10,12)(H,11,13,14);3-4H,2H2,1H3. The Kier molecular flexibility index (Phi) is 9.31. The zero-order valence-corrected chi connectivity index (χ0v) is 14.3. The second-order valence-electron chi connectivity index (χ2n) is 4.90. The smallest absolute Gasteiger partial charge is 0.413 e. The van der Waals surface area contributed by atoms with Crippen molar-refractivity contribution in [1.82, 2.24) is 10.6 Å². The summed E-state index contributed by atoms with van der Waals surface area (Å²) in [6.07, 6.45) is 4.43. The minimum absolute atomic E-state index is 0.285. The van der Waals surface area contributed by atoms with Crippen LogP contribution >= 0.6 is 0 Å². The van der Waals surface area contributed by atoms with Crippen LogP contribution in [0.5, 0.6) is 0 Å². The van der Waals surface area contributed by atoms with Gasteiger partial charge < -0.3 is 10.1 Å². The van der Waals surface area contributed by atoms with Crippen LogP contribution in [-0.2, 0) is 23.9 Å². The number of amides is 3. The Hall–Kier alpha value is -3.10. The van der Waals surface area contributed by atoms with E-state index in [-0.39, 0.29) is 17.5 Å². The number of carbonyl (C=O) groups excluding carboxylic acids is 5. The Morgan fingerprint density at radius 1 is 1.20 bits per heavy atom. The van der Waals surface area contributed by atoms with Crippen LogP contribution in [0.4, 0.5) is 4.79 Å². The first kappa shape index (κ1) is 21.9. The average molecular weight is 351 g/mol. The molecule has 25 heavy (non-hydrogen) atoms. The molecule has 0 unspecified atom stereocenters. The summed E-state index contributed by atoms with van der Waals surface area (Å²) in [6, 6.07) is 0. The Balaban J connectivity index is 0.000000496. The Morgan fingerprint density at radius 2 is 1.72 bits per heavy atom. The van der Waals surface area contributed by atoms with Crippen molar-refractivity contribution in [3.05, 3.63) is 24.3 Å². The average Bonchev–Trinajstić information content (AvgIpc) is 2.86. The molecule has 9 heteroatoms. The predicted octanol–water partition coefficient (Wildman–Crippen LogP) is 0.105. The summed E-state index contributed by atoms with van der Waals surface area (Å²) in [6.45, 7) is 7.10. The maximum Gasteiger partial charge on any atom is 0.413 e. The van der Waals surface area contributed by atoms with Gasteiger partial charge in [0.25, 0.3) is 5.91 Å². The number of rotatable bonds is 5. The van der Waals surface area contributed by atoms with Gasteiger partial charge in [-0.15, -0.1) is 0 Å². The molecule has 0 aromatic rings. The third-order valence-electron chi connectivity index (χ3n) is 3.01. The van der Waals surface area contributed by atoms with Crippen LogP contribution in [0.2, 0.25) is 0 Å². The van der Waals surface area contributed by atoms with Gasteiger partial charge in [0.2, 0.25) is 5.91 Å². The molecule has 3 amide bonds. The number of nitrogens with one attached hydrogen (secondary N) is 2. The molecule has 0 saturated carbocycles. The van der Waals surface area contributed by atoms with Gasteiger partial charge in [-0.1, -0.05) is 6.92 Å². The number of nitrogens with zero attached hydrogens (tertiary/aromatic N) is 1. The van der Waals surface area contributed by atoms with Crippen molar-refractivity contribution in [2.75, 3.05) is 13.7 Å². The number of ether oxygens (including phenoxy) is 1. The summed E-state index contributed by atoms with van der Waals surface area (Å²) < 4.78 is 4.19.